The third-order valence-electron chi connectivity index (χ3n) is 3.25. The number of benzene rings is 2. The van der Waals surface area contributed by atoms with Crippen LogP contribution in [0.2, 0.25) is 0 Å². The molecule has 0 atom stereocenters. The fourth-order valence-electron chi connectivity index (χ4n) is 1.92. The summed E-state index contributed by atoms with van der Waals surface area (Å²) in [5, 5.41) is 0. The molecule has 2 aromatic carbocycles. The minimum absolute atomic E-state index is 1.30. The van der Waals surface area contributed by atoms with Gasteiger partial charge < -0.3 is 0 Å². The van der Waals surface area contributed by atoms with Gasteiger partial charge in [-0.25, -0.2) is 0 Å². The van der Waals surface area contributed by atoms with E-state index in [1.807, 2.05) is 0 Å². The highest BCUT2D eigenvalue weighted by Gasteiger charge is 2.02. The summed E-state index contributed by atoms with van der Waals surface area (Å²) in [6.07, 6.45) is 0. The van der Waals surface area contributed by atoms with Crippen LogP contribution in [-0.4, -0.2) is 0 Å². The first-order chi connectivity index (χ1) is 8.18. The van der Waals surface area contributed by atoms with Gasteiger partial charge in [-0.1, -0.05) is 60.2 Å². The molecule has 0 saturated carbocycles. The molecule has 0 heteroatoms. The van der Waals surface area contributed by atoms with E-state index in [1.54, 1.807) is 0 Å². The first-order valence-corrected chi connectivity index (χ1v) is 5.98. The molecule has 0 radical (unpaired) electrons. The van der Waals surface area contributed by atoms with Gasteiger partial charge in [-0.2, -0.15) is 0 Å². The molecule has 2 aromatic rings. The molecular formula is C17H18. The summed E-state index contributed by atoms with van der Waals surface area (Å²) >= 11 is 0. The topological polar surface area (TPSA) is 0 Å². The van der Waals surface area contributed by atoms with E-state index < -0.39 is 0 Å². The van der Waals surface area contributed by atoms with E-state index in [9.17, 15) is 0 Å². The van der Waals surface area contributed by atoms with Gasteiger partial charge in [-0.05, 0) is 43.0 Å². The van der Waals surface area contributed by atoms with Crippen molar-refractivity contribution in [1.29, 1.82) is 0 Å². The lowest BCUT2D eigenvalue weighted by Crippen LogP contribution is -1.86. The number of hydrogen-bond acceptors (Lipinski definition) is 0. The minimum Gasteiger partial charge on any atom is -0.0622 e. The molecule has 0 amide bonds. The fraction of sp³-hybridized carbons (Fsp3) is 0.176. The summed E-state index contributed by atoms with van der Waals surface area (Å²) in [5.41, 5.74) is 6.59. The molecule has 0 aliphatic heterocycles. The monoisotopic (exact) mass is 222 g/mol. The Morgan fingerprint density at radius 2 is 1.12 bits per heavy atom. The highest BCUT2D eigenvalue weighted by molar-refractivity contribution is 5.88. The lowest BCUT2D eigenvalue weighted by atomic mass is 9.96. The third kappa shape index (κ3) is 2.65. The second-order valence-electron chi connectivity index (χ2n) is 4.48. The molecule has 0 fully saturated rings. The van der Waals surface area contributed by atoms with Crippen LogP contribution in [0.1, 0.15) is 30.5 Å². The highest BCUT2D eigenvalue weighted by Crippen LogP contribution is 2.25. The Morgan fingerprint density at radius 1 is 0.647 bits per heavy atom. The van der Waals surface area contributed by atoms with Gasteiger partial charge in [0.25, 0.3) is 0 Å². The molecule has 0 N–H and O–H groups in total. The van der Waals surface area contributed by atoms with Crippen LogP contribution in [0.25, 0.3) is 11.1 Å². The maximum Gasteiger partial charge on any atom is -0.0224 e. The van der Waals surface area contributed by atoms with Gasteiger partial charge in [0.15, 0.2) is 0 Å². The van der Waals surface area contributed by atoms with Gasteiger partial charge in [0.2, 0.25) is 0 Å². The Labute approximate surface area is 104 Å². The van der Waals surface area contributed by atoms with Crippen molar-refractivity contribution in [2.45, 2.75) is 20.8 Å². The average Bonchev–Trinajstić information content (AvgIpc) is 2.39. The van der Waals surface area contributed by atoms with E-state index in [0.29, 0.717) is 0 Å². The van der Waals surface area contributed by atoms with Crippen molar-refractivity contribution in [3.05, 3.63) is 71.3 Å². The molecule has 0 nitrogen and oxygen atoms in total. The Kier molecular flexibility index (Phi) is 3.43. The molecule has 17 heavy (non-hydrogen) atoms. The van der Waals surface area contributed by atoms with Crippen LogP contribution in [0.4, 0.5) is 0 Å². The zero-order chi connectivity index (χ0) is 12.3. The number of aryl methyl sites for hydroxylation is 1. The van der Waals surface area contributed by atoms with Crippen molar-refractivity contribution in [3.63, 3.8) is 0 Å². The third-order valence-corrected chi connectivity index (χ3v) is 3.25. The number of hydrogen-bond donors (Lipinski definition) is 0. The smallest absolute Gasteiger partial charge is 0.0224 e. The van der Waals surface area contributed by atoms with Crippen molar-refractivity contribution in [1.82, 2.24) is 0 Å². The molecule has 0 aromatic heterocycles. The van der Waals surface area contributed by atoms with Crippen LogP contribution in [0.5, 0.6) is 0 Å². The fourth-order valence-corrected chi connectivity index (χ4v) is 1.92. The predicted molar refractivity (Wildman–Crippen MR) is 75.8 cm³/mol. The first kappa shape index (κ1) is 11.7. The zero-order valence-corrected chi connectivity index (χ0v) is 10.7. The average molecular weight is 222 g/mol. The molecule has 0 unspecified atom stereocenters. The highest BCUT2D eigenvalue weighted by atomic mass is 14.1. The van der Waals surface area contributed by atoms with E-state index >= 15 is 0 Å². The molecule has 0 heterocycles. The first-order valence-electron chi connectivity index (χ1n) is 5.98. The Balaban J connectivity index is 2.41. The van der Waals surface area contributed by atoms with E-state index in [1.165, 1.54) is 27.8 Å². The van der Waals surface area contributed by atoms with Crippen molar-refractivity contribution >= 4 is 11.1 Å². The Hall–Kier alpha value is -1.82. The minimum atomic E-state index is 1.30. The molecule has 0 spiro atoms. The molecule has 0 saturated heterocycles. The second-order valence-corrected chi connectivity index (χ2v) is 4.48. The lowest BCUT2D eigenvalue weighted by Gasteiger charge is -2.09. The molecule has 0 bridgehead atoms. The normalized spacial score (nSPS) is 12.2. The van der Waals surface area contributed by atoms with Gasteiger partial charge in [0, 0.05) is 0 Å². The van der Waals surface area contributed by atoms with Crippen LogP contribution in [0.3, 0.4) is 0 Å². The maximum absolute atomic E-state index is 2.19. The summed E-state index contributed by atoms with van der Waals surface area (Å²) in [6.45, 7) is 6.49. The quantitative estimate of drug-likeness (QED) is 0.631. The van der Waals surface area contributed by atoms with Gasteiger partial charge in [0.1, 0.15) is 0 Å². The predicted octanol–water partition coefficient (Wildman–Crippen LogP) is 4.95. The van der Waals surface area contributed by atoms with Crippen molar-refractivity contribution in [2.75, 3.05) is 0 Å². The van der Waals surface area contributed by atoms with Crippen LogP contribution in [0.15, 0.2) is 54.6 Å². The van der Waals surface area contributed by atoms with Gasteiger partial charge in [0.05, 0.1) is 0 Å². The second kappa shape index (κ2) is 5.01. The summed E-state index contributed by atoms with van der Waals surface area (Å²) < 4.78 is 0. The summed E-state index contributed by atoms with van der Waals surface area (Å²) in [5.74, 6) is 0. The van der Waals surface area contributed by atoms with Gasteiger partial charge in [-0.3, -0.25) is 0 Å². The molecule has 2 rings (SSSR count). The molecular weight excluding hydrogens is 204 g/mol. The van der Waals surface area contributed by atoms with E-state index in [-0.39, 0.29) is 0 Å². The zero-order valence-electron chi connectivity index (χ0n) is 10.7. The van der Waals surface area contributed by atoms with Crippen LogP contribution >= 0.6 is 0 Å². The largest absolute Gasteiger partial charge is 0.0622 e. The standard InChI is InChI=1S/C17H18/c1-13-9-11-17(12-10-13)15(3)14(2)16-7-5-4-6-8-16/h4-12H,1-3H3/b15-14+. The van der Waals surface area contributed by atoms with Crippen LogP contribution in [-0.2, 0) is 0 Å². The summed E-state index contributed by atoms with van der Waals surface area (Å²) in [4.78, 5) is 0. The molecule has 0 aliphatic carbocycles. The summed E-state index contributed by atoms with van der Waals surface area (Å²) in [6, 6.07) is 19.3. The number of allylic oxidation sites excluding steroid dienone is 2. The SMILES string of the molecule is C/C(=C(/C)c1ccc(C)cc1)c1ccccc1. The maximum atomic E-state index is 2.19. The van der Waals surface area contributed by atoms with E-state index in [2.05, 4.69) is 75.4 Å². The van der Waals surface area contributed by atoms with Gasteiger partial charge in [-0.15, -0.1) is 0 Å². The lowest BCUT2D eigenvalue weighted by molar-refractivity contribution is 1.44. The Bertz CT molecular complexity index is 516. The van der Waals surface area contributed by atoms with Crippen molar-refractivity contribution < 1.29 is 0 Å². The van der Waals surface area contributed by atoms with Crippen molar-refractivity contribution in [2.24, 2.45) is 0 Å². The van der Waals surface area contributed by atoms with Gasteiger partial charge >= 0.3 is 0 Å². The Morgan fingerprint density at radius 3 is 1.65 bits per heavy atom. The summed E-state index contributed by atoms with van der Waals surface area (Å²) in [7, 11) is 0. The number of rotatable bonds is 2. The molecule has 0 aliphatic rings. The van der Waals surface area contributed by atoms with Crippen LogP contribution < -0.4 is 0 Å². The van der Waals surface area contributed by atoms with Crippen molar-refractivity contribution in [3.8, 4) is 0 Å². The molecule has 86 valence electrons. The van der Waals surface area contributed by atoms with E-state index in [0.717, 1.165) is 0 Å². The van der Waals surface area contributed by atoms with E-state index in [4.69, 9.17) is 0 Å². The van der Waals surface area contributed by atoms with Crippen LogP contribution in [0, 0.1) is 6.92 Å².